The second-order valence-electron chi connectivity index (χ2n) is 9.61. The van der Waals surface area contributed by atoms with E-state index < -0.39 is 23.2 Å². The Kier molecular flexibility index (Phi) is 7.19. The average Bonchev–Trinajstić information content (AvgIpc) is 2.80. The van der Waals surface area contributed by atoms with Crippen molar-refractivity contribution in [3.63, 3.8) is 0 Å². The van der Waals surface area contributed by atoms with Crippen molar-refractivity contribution in [2.24, 2.45) is 0 Å². The highest BCUT2D eigenvalue weighted by Crippen LogP contribution is 2.39. The Morgan fingerprint density at radius 3 is 2.43 bits per heavy atom. The molecule has 2 fully saturated rings. The lowest BCUT2D eigenvalue weighted by atomic mass is 9.76. The summed E-state index contributed by atoms with van der Waals surface area (Å²) in [5, 5.41) is 16.3. The Bertz CT molecular complexity index is 1070. The van der Waals surface area contributed by atoms with Crippen molar-refractivity contribution in [3.05, 3.63) is 70.8 Å². The zero-order valence-corrected chi connectivity index (χ0v) is 19.6. The highest BCUT2D eigenvalue weighted by Gasteiger charge is 2.40. The summed E-state index contributed by atoms with van der Waals surface area (Å²) in [6.45, 7) is 3.10. The van der Waals surface area contributed by atoms with Crippen LogP contribution in [0.15, 0.2) is 48.5 Å². The fourth-order valence-electron chi connectivity index (χ4n) is 4.95. The molecule has 2 aromatic rings. The molecule has 0 unspecified atom stereocenters. The summed E-state index contributed by atoms with van der Waals surface area (Å²) in [7, 11) is 0. The monoisotopic (exact) mass is 489 g/mol. The molecular weight excluding hydrogens is 459 g/mol. The molecule has 4 rings (SSSR count). The molecule has 0 atom stereocenters. The second-order valence-corrected chi connectivity index (χ2v) is 9.61. The third-order valence-electron chi connectivity index (χ3n) is 6.99. The summed E-state index contributed by atoms with van der Waals surface area (Å²) in [5.41, 5.74) is 0.246. The van der Waals surface area contributed by atoms with Crippen molar-refractivity contribution < 1.29 is 27.9 Å². The predicted octanol–water partition coefficient (Wildman–Crippen LogP) is 3.37. The van der Waals surface area contributed by atoms with Gasteiger partial charge in [0.25, 0.3) is 5.91 Å². The summed E-state index contributed by atoms with van der Waals surface area (Å²) in [6.07, 6.45) is -1.41. The number of amides is 2. The first-order valence-electron chi connectivity index (χ1n) is 11.8. The molecule has 1 saturated carbocycles. The first kappa shape index (κ1) is 25.2. The molecule has 6 nitrogen and oxygen atoms in total. The van der Waals surface area contributed by atoms with E-state index in [-0.39, 0.29) is 24.1 Å². The topological polar surface area (TPSA) is 81.7 Å². The van der Waals surface area contributed by atoms with Gasteiger partial charge in [-0.1, -0.05) is 35.9 Å². The molecule has 9 heteroatoms. The minimum atomic E-state index is -4.54. The van der Waals surface area contributed by atoms with Crippen LogP contribution in [0.25, 0.3) is 0 Å². The number of carbonyl (C=O) groups excluding carboxylic acids is 2. The van der Waals surface area contributed by atoms with Crippen molar-refractivity contribution in [3.8, 4) is 0 Å². The molecule has 1 saturated heterocycles. The lowest BCUT2D eigenvalue weighted by Crippen LogP contribution is -2.63. The van der Waals surface area contributed by atoms with E-state index in [1.807, 2.05) is 31.2 Å². The van der Waals surface area contributed by atoms with E-state index in [9.17, 15) is 27.9 Å². The molecular formula is C26H30F3N3O3. The molecule has 2 aromatic carbocycles. The van der Waals surface area contributed by atoms with E-state index in [0.29, 0.717) is 32.0 Å². The van der Waals surface area contributed by atoms with E-state index in [2.05, 4.69) is 15.5 Å². The minimum absolute atomic E-state index is 0.0365. The number of halogens is 3. The Morgan fingerprint density at radius 1 is 1.09 bits per heavy atom. The van der Waals surface area contributed by atoms with Crippen LogP contribution >= 0.6 is 0 Å². The molecule has 1 heterocycles. The second kappa shape index (κ2) is 9.99. The van der Waals surface area contributed by atoms with Crippen molar-refractivity contribution in [1.82, 2.24) is 15.5 Å². The van der Waals surface area contributed by atoms with Gasteiger partial charge in [0.15, 0.2) is 0 Å². The predicted molar refractivity (Wildman–Crippen MR) is 125 cm³/mol. The summed E-state index contributed by atoms with van der Waals surface area (Å²) >= 11 is 0. The quantitative estimate of drug-likeness (QED) is 0.581. The summed E-state index contributed by atoms with van der Waals surface area (Å²) in [6, 6.07) is 12.4. The van der Waals surface area contributed by atoms with Gasteiger partial charge >= 0.3 is 6.18 Å². The van der Waals surface area contributed by atoms with Crippen molar-refractivity contribution in [2.75, 3.05) is 19.6 Å². The van der Waals surface area contributed by atoms with Gasteiger partial charge in [0.05, 0.1) is 23.8 Å². The van der Waals surface area contributed by atoms with Gasteiger partial charge in [0, 0.05) is 24.7 Å². The van der Waals surface area contributed by atoms with Crippen LogP contribution in [0.1, 0.15) is 52.7 Å². The number of aryl methyl sites for hydroxylation is 1. The molecule has 188 valence electrons. The minimum Gasteiger partial charge on any atom is -0.385 e. The van der Waals surface area contributed by atoms with Gasteiger partial charge < -0.3 is 15.7 Å². The number of nitrogens with one attached hydrogen (secondary N) is 2. The van der Waals surface area contributed by atoms with E-state index in [4.69, 9.17) is 0 Å². The van der Waals surface area contributed by atoms with Crippen LogP contribution in [0.5, 0.6) is 0 Å². The highest BCUT2D eigenvalue weighted by atomic mass is 19.4. The van der Waals surface area contributed by atoms with Crippen molar-refractivity contribution in [1.29, 1.82) is 0 Å². The van der Waals surface area contributed by atoms with E-state index in [1.54, 1.807) is 0 Å². The maximum Gasteiger partial charge on any atom is 0.416 e. The zero-order chi connectivity index (χ0) is 25.2. The maximum absolute atomic E-state index is 12.8. The fraction of sp³-hybridized carbons (Fsp3) is 0.462. The first-order valence-corrected chi connectivity index (χ1v) is 11.8. The van der Waals surface area contributed by atoms with E-state index >= 15 is 0 Å². The standard InChI is InChI=1S/C26H30F3N3O3/c1-17-4-2-6-19(12-17)25(35)10-8-22(9-11-25)32-15-21(16-32)31-23(33)14-30-24(34)18-5-3-7-20(13-18)26(27,28)29/h2-7,12-13,21-22,35H,8-11,14-16H2,1H3,(H,30,34)(H,31,33). The lowest BCUT2D eigenvalue weighted by Gasteiger charge is -2.48. The third kappa shape index (κ3) is 6.02. The van der Waals surface area contributed by atoms with Crippen LogP contribution in [0.4, 0.5) is 13.2 Å². The summed E-state index contributed by atoms with van der Waals surface area (Å²) in [5.74, 6) is -1.11. The molecule has 3 N–H and O–H groups in total. The first-order chi connectivity index (χ1) is 16.5. The SMILES string of the molecule is Cc1cccc(C2(O)CCC(N3CC(NC(=O)CNC(=O)c4cccc(C(F)(F)F)c4)C3)CC2)c1. The van der Waals surface area contributed by atoms with Crippen LogP contribution in [0, 0.1) is 6.92 Å². The van der Waals surface area contributed by atoms with Gasteiger partial charge in [-0.05, 0) is 56.4 Å². The number of alkyl halides is 3. The largest absolute Gasteiger partial charge is 0.416 e. The number of nitrogens with zero attached hydrogens (tertiary/aromatic N) is 1. The van der Waals surface area contributed by atoms with Crippen LogP contribution in [-0.4, -0.2) is 53.5 Å². The number of rotatable bonds is 6. The molecule has 0 aromatic heterocycles. The number of aliphatic hydroxyl groups is 1. The Hall–Kier alpha value is -2.91. The summed E-state index contributed by atoms with van der Waals surface area (Å²) in [4.78, 5) is 26.6. The Morgan fingerprint density at radius 2 is 1.77 bits per heavy atom. The molecule has 0 spiro atoms. The fourth-order valence-corrected chi connectivity index (χ4v) is 4.95. The van der Waals surface area contributed by atoms with Crippen molar-refractivity contribution in [2.45, 2.75) is 56.5 Å². The Labute approximate surface area is 202 Å². The van der Waals surface area contributed by atoms with Gasteiger partial charge in [0.2, 0.25) is 5.91 Å². The average molecular weight is 490 g/mol. The zero-order valence-electron chi connectivity index (χ0n) is 19.6. The molecule has 2 amide bonds. The third-order valence-corrected chi connectivity index (χ3v) is 6.99. The molecule has 35 heavy (non-hydrogen) atoms. The number of benzene rings is 2. The van der Waals surface area contributed by atoms with Gasteiger partial charge in [-0.2, -0.15) is 13.2 Å². The van der Waals surface area contributed by atoms with E-state index in [0.717, 1.165) is 42.2 Å². The molecule has 1 aliphatic heterocycles. The number of likely N-dealkylation sites (tertiary alicyclic amines) is 1. The van der Waals surface area contributed by atoms with Gasteiger partial charge in [-0.15, -0.1) is 0 Å². The van der Waals surface area contributed by atoms with Crippen LogP contribution in [-0.2, 0) is 16.6 Å². The van der Waals surface area contributed by atoms with Crippen LogP contribution in [0.2, 0.25) is 0 Å². The number of hydrogen-bond acceptors (Lipinski definition) is 4. The Balaban J connectivity index is 1.18. The molecule has 0 bridgehead atoms. The van der Waals surface area contributed by atoms with Crippen LogP contribution in [0.3, 0.4) is 0 Å². The maximum atomic E-state index is 12.8. The number of carbonyl (C=O) groups is 2. The highest BCUT2D eigenvalue weighted by molar-refractivity contribution is 5.96. The van der Waals surface area contributed by atoms with Crippen molar-refractivity contribution >= 4 is 11.8 Å². The molecule has 1 aliphatic carbocycles. The van der Waals surface area contributed by atoms with Gasteiger partial charge in [0.1, 0.15) is 0 Å². The molecule has 0 radical (unpaired) electrons. The van der Waals surface area contributed by atoms with Crippen LogP contribution < -0.4 is 10.6 Å². The van der Waals surface area contributed by atoms with Gasteiger partial charge in [-0.25, -0.2) is 0 Å². The smallest absolute Gasteiger partial charge is 0.385 e. The number of hydrogen-bond donors (Lipinski definition) is 3. The normalized spacial score (nSPS) is 23.4. The lowest BCUT2D eigenvalue weighted by molar-refractivity contribution is -0.137. The molecule has 2 aliphatic rings. The van der Waals surface area contributed by atoms with Gasteiger partial charge in [-0.3, -0.25) is 14.5 Å². The summed E-state index contributed by atoms with van der Waals surface area (Å²) < 4.78 is 38.5. The van der Waals surface area contributed by atoms with E-state index in [1.165, 1.54) is 6.07 Å².